The van der Waals surface area contributed by atoms with Crippen LogP contribution in [0.5, 0.6) is 11.5 Å². The van der Waals surface area contributed by atoms with Crippen molar-refractivity contribution >= 4 is 0 Å². The smallest absolute Gasteiger partial charge is 0.120 e. The van der Waals surface area contributed by atoms with E-state index in [1.807, 2.05) is 30.3 Å². The van der Waals surface area contributed by atoms with E-state index in [0.717, 1.165) is 38.0 Å². The van der Waals surface area contributed by atoms with Gasteiger partial charge in [0.05, 0.1) is 0 Å². The minimum Gasteiger partial charge on any atom is -0.508 e. The maximum Gasteiger partial charge on any atom is 0.120 e. The van der Waals surface area contributed by atoms with E-state index in [1.165, 1.54) is 5.56 Å². The van der Waals surface area contributed by atoms with Crippen LogP contribution in [0.1, 0.15) is 29.9 Å². The molecule has 0 radical (unpaired) electrons. The Kier molecular flexibility index (Phi) is 4.11. The Balaban J connectivity index is 1.59. The van der Waals surface area contributed by atoms with Crippen LogP contribution in [-0.2, 0) is 6.54 Å². The quantitative estimate of drug-likeness (QED) is 0.906. The predicted octanol–water partition coefficient (Wildman–Crippen LogP) is 3.48. The highest BCUT2D eigenvalue weighted by Crippen LogP contribution is 2.30. The maximum absolute atomic E-state index is 9.85. The third kappa shape index (κ3) is 3.37. The van der Waals surface area contributed by atoms with Crippen molar-refractivity contribution in [1.29, 1.82) is 0 Å². The van der Waals surface area contributed by atoms with Gasteiger partial charge in [-0.3, -0.25) is 4.90 Å². The zero-order valence-electron chi connectivity index (χ0n) is 12.1. The number of nitrogens with zero attached hydrogens (tertiary/aromatic N) is 1. The van der Waals surface area contributed by atoms with Gasteiger partial charge in [0.2, 0.25) is 0 Å². The lowest BCUT2D eigenvalue weighted by Gasteiger charge is -2.32. The average Bonchev–Trinajstić information content (AvgIpc) is 2.50. The number of hydrogen-bond donors (Lipinski definition) is 2. The SMILES string of the molecule is Oc1cccc(C2CCN(Cc3ccccc3O)CC2)c1. The third-order valence-corrected chi connectivity index (χ3v) is 4.31. The lowest BCUT2D eigenvalue weighted by molar-refractivity contribution is 0.202. The second kappa shape index (κ2) is 6.19. The molecule has 1 fully saturated rings. The van der Waals surface area contributed by atoms with Gasteiger partial charge in [0, 0.05) is 12.1 Å². The first-order valence-corrected chi connectivity index (χ1v) is 7.50. The highest BCUT2D eigenvalue weighted by molar-refractivity contribution is 5.32. The Morgan fingerprint density at radius 1 is 0.952 bits per heavy atom. The van der Waals surface area contributed by atoms with Crippen LogP contribution in [0.15, 0.2) is 48.5 Å². The van der Waals surface area contributed by atoms with Crippen LogP contribution in [-0.4, -0.2) is 28.2 Å². The lowest BCUT2D eigenvalue weighted by atomic mass is 9.89. The molecule has 3 rings (SSSR count). The highest BCUT2D eigenvalue weighted by atomic mass is 16.3. The molecule has 3 nitrogen and oxygen atoms in total. The second-order valence-corrected chi connectivity index (χ2v) is 5.77. The summed E-state index contributed by atoms with van der Waals surface area (Å²) in [5, 5.41) is 19.4. The van der Waals surface area contributed by atoms with Crippen molar-refractivity contribution in [3.8, 4) is 11.5 Å². The van der Waals surface area contributed by atoms with E-state index in [-0.39, 0.29) is 0 Å². The van der Waals surface area contributed by atoms with Crippen molar-refractivity contribution in [3.05, 3.63) is 59.7 Å². The molecule has 3 heteroatoms. The summed E-state index contributed by atoms with van der Waals surface area (Å²) in [7, 11) is 0. The Bertz CT molecular complexity index is 604. The van der Waals surface area contributed by atoms with Crippen molar-refractivity contribution in [2.24, 2.45) is 0 Å². The number of hydrogen-bond acceptors (Lipinski definition) is 3. The van der Waals surface area contributed by atoms with Crippen LogP contribution >= 0.6 is 0 Å². The van der Waals surface area contributed by atoms with Crippen LogP contribution in [0.4, 0.5) is 0 Å². The molecule has 2 aromatic carbocycles. The summed E-state index contributed by atoms with van der Waals surface area (Å²) >= 11 is 0. The van der Waals surface area contributed by atoms with E-state index in [1.54, 1.807) is 12.1 Å². The van der Waals surface area contributed by atoms with Crippen molar-refractivity contribution in [1.82, 2.24) is 4.90 Å². The minimum atomic E-state index is 0.351. The van der Waals surface area contributed by atoms with E-state index in [4.69, 9.17) is 0 Å². The number of para-hydroxylation sites is 1. The molecule has 0 amide bonds. The van der Waals surface area contributed by atoms with E-state index in [0.29, 0.717) is 17.4 Å². The van der Waals surface area contributed by atoms with E-state index in [9.17, 15) is 10.2 Å². The number of phenolic OH excluding ortho intramolecular Hbond substituents is 2. The molecular weight excluding hydrogens is 262 g/mol. The van der Waals surface area contributed by atoms with Gasteiger partial charge in [-0.15, -0.1) is 0 Å². The molecule has 0 bridgehead atoms. The third-order valence-electron chi connectivity index (χ3n) is 4.31. The number of benzene rings is 2. The maximum atomic E-state index is 9.85. The minimum absolute atomic E-state index is 0.351. The number of likely N-dealkylation sites (tertiary alicyclic amines) is 1. The van der Waals surface area contributed by atoms with Crippen LogP contribution in [0.3, 0.4) is 0 Å². The number of rotatable bonds is 3. The van der Waals surface area contributed by atoms with Gasteiger partial charge in [-0.1, -0.05) is 30.3 Å². The fourth-order valence-corrected chi connectivity index (χ4v) is 3.09. The molecule has 110 valence electrons. The van der Waals surface area contributed by atoms with Crippen molar-refractivity contribution in [2.45, 2.75) is 25.3 Å². The van der Waals surface area contributed by atoms with Gasteiger partial charge in [-0.2, -0.15) is 0 Å². The van der Waals surface area contributed by atoms with Gasteiger partial charge in [-0.05, 0) is 55.6 Å². The molecule has 0 aromatic heterocycles. The predicted molar refractivity (Wildman–Crippen MR) is 83.5 cm³/mol. The molecule has 1 heterocycles. The summed E-state index contributed by atoms with van der Waals surface area (Å²) < 4.78 is 0. The second-order valence-electron chi connectivity index (χ2n) is 5.77. The summed E-state index contributed by atoms with van der Waals surface area (Å²) in [6, 6.07) is 15.2. The van der Waals surface area contributed by atoms with Gasteiger partial charge in [0.1, 0.15) is 11.5 Å². The fourth-order valence-electron chi connectivity index (χ4n) is 3.09. The van der Waals surface area contributed by atoms with Crippen molar-refractivity contribution in [2.75, 3.05) is 13.1 Å². The molecular formula is C18H21NO2. The molecule has 2 aromatic rings. The first-order chi connectivity index (χ1) is 10.2. The molecule has 1 saturated heterocycles. The average molecular weight is 283 g/mol. The van der Waals surface area contributed by atoms with Gasteiger partial charge in [0.25, 0.3) is 0 Å². The van der Waals surface area contributed by atoms with Crippen LogP contribution in [0.2, 0.25) is 0 Å². The molecule has 1 aliphatic rings. The molecule has 0 saturated carbocycles. The van der Waals surface area contributed by atoms with Crippen LogP contribution < -0.4 is 0 Å². The zero-order chi connectivity index (χ0) is 14.7. The molecule has 0 spiro atoms. The topological polar surface area (TPSA) is 43.7 Å². The molecule has 21 heavy (non-hydrogen) atoms. The lowest BCUT2D eigenvalue weighted by Crippen LogP contribution is -2.32. The number of aromatic hydroxyl groups is 2. The van der Waals surface area contributed by atoms with E-state index < -0.39 is 0 Å². The monoisotopic (exact) mass is 283 g/mol. The van der Waals surface area contributed by atoms with Gasteiger partial charge >= 0.3 is 0 Å². The molecule has 0 atom stereocenters. The first-order valence-electron chi connectivity index (χ1n) is 7.50. The summed E-state index contributed by atoms with van der Waals surface area (Å²) in [4.78, 5) is 2.38. The summed E-state index contributed by atoms with van der Waals surface area (Å²) in [6.45, 7) is 2.85. The van der Waals surface area contributed by atoms with Crippen LogP contribution in [0, 0.1) is 0 Å². The Morgan fingerprint density at radius 3 is 2.43 bits per heavy atom. The van der Waals surface area contributed by atoms with Gasteiger partial charge in [0.15, 0.2) is 0 Å². The molecule has 1 aliphatic heterocycles. The Labute approximate surface area is 125 Å². The Morgan fingerprint density at radius 2 is 1.71 bits per heavy atom. The standard InChI is InChI=1S/C18H21NO2/c20-17-6-3-5-15(12-17)14-8-10-19(11-9-14)13-16-4-1-2-7-18(16)21/h1-7,12,14,20-21H,8-11,13H2. The largest absolute Gasteiger partial charge is 0.508 e. The normalized spacial score (nSPS) is 17.0. The van der Waals surface area contributed by atoms with Crippen LogP contribution in [0.25, 0.3) is 0 Å². The zero-order valence-corrected chi connectivity index (χ0v) is 12.1. The number of phenols is 2. The van der Waals surface area contributed by atoms with Crippen molar-refractivity contribution < 1.29 is 10.2 Å². The fraction of sp³-hybridized carbons (Fsp3) is 0.333. The van der Waals surface area contributed by atoms with Crippen molar-refractivity contribution in [3.63, 3.8) is 0 Å². The molecule has 0 aliphatic carbocycles. The van der Waals surface area contributed by atoms with E-state index >= 15 is 0 Å². The molecule has 2 N–H and O–H groups in total. The summed E-state index contributed by atoms with van der Waals surface area (Å²) in [5.74, 6) is 1.26. The number of piperidine rings is 1. The highest BCUT2D eigenvalue weighted by Gasteiger charge is 2.21. The van der Waals surface area contributed by atoms with Gasteiger partial charge in [-0.25, -0.2) is 0 Å². The molecule has 0 unspecified atom stereocenters. The van der Waals surface area contributed by atoms with Gasteiger partial charge < -0.3 is 10.2 Å². The Hall–Kier alpha value is -2.00. The summed E-state index contributed by atoms with van der Waals surface area (Å²) in [6.07, 6.45) is 2.19. The summed E-state index contributed by atoms with van der Waals surface area (Å²) in [5.41, 5.74) is 2.23. The van der Waals surface area contributed by atoms with E-state index in [2.05, 4.69) is 11.0 Å². The first kappa shape index (κ1) is 14.0.